The highest BCUT2D eigenvalue weighted by Gasteiger charge is 2.31. The Morgan fingerprint density at radius 1 is 1.32 bits per heavy atom. The molecule has 0 aliphatic heterocycles. The fourth-order valence-corrected chi connectivity index (χ4v) is 2.79. The first kappa shape index (κ1) is 13.2. The third kappa shape index (κ3) is 2.35. The summed E-state index contributed by atoms with van der Waals surface area (Å²) in [6, 6.07) is 4.48. The van der Waals surface area contributed by atoms with Crippen molar-refractivity contribution in [3.63, 3.8) is 0 Å². The fourth-order valence-electron chi connectivity index (χ4n) is 2.04. The number of nitrogens with zero attached hydrogens (tertiary/aromatic N) is 2. The predicted molar refractivity (Wildman–Crippen MR) is 75.1 cm³/mol. The topological polar surface area (TPSA) is 17.8 Å². The number of hydrogen-bond donors (Lipinski definition) is 0. The van der Waals surface area contributed by atoms with Gasteiger partial charge in [-0.25, -0.2) is 9.07 Å². The number of benzene rings is 1. The van der Waals surface area contributed by atoms with Crippen LogP contribution < -0.4 is 0 Å². The SMILES string of the molecule is Fc1cc(-n2nc(C3CC3)c(CCl)c2Cl)ccc1Cl. The minimum atomic E-state index is -0.494. The zero-order valence-electron chi connectivity index (χ0n) is 9.84. The summed E-state index contributed by atoms with van der Waals surface area (Å²) in [6.07, 6.45) is 2.21. The van der Waals surface area contributed by atoms with Gasteiger partial charge in [0.25, 0.3) is 0 Å². The Hall–Kier alpha value is -0.770. The maximum Gasteiger partial charge on any atom is 0.143 e. The highest BCUT2D eigenvalue weighted by Crippen LogP contribution is 2.43. The molecule has 0 radical (unpaired) electrons. The van der Waals surface area contributed by atoms with E-state index in [-0.39, 0.29) is 5.02 Å². The molecule has 2 aromatic rings. The molecule has 0 spiro atoms. The molecule has 0 saturated heterocycles. The number of alkyl halides is 1. The van der Waals surface area contributed by atoms with Crippen LogP contribution in [0.4, 0.5) is 4.39 Å². The predicted octanol–water partition coefficient (Wildman–Crippen LogP) is 4.93. The van der Waals surface area contributed by atoms with Crippen molar-refractivity contribution < 1.29 is 4.39 Å². The monoisotopic (exact) mass is 318 g/mol. The lowest BCUT2D eigenvalue weighted by Crippen LogP contribution is -1.98. The zero-order chi connectivity index (χ0) is 13.6. The van der Waals surface area contributed by atoms with Crippen molar-refractivity contribution in [3.8, 4) is 5.69 Å². The molecule has 1 aromatic heterocycles. The van der Waals surface area contributed by atoms with Gasteiger partial charge in [0.05, 0.1) is 22.3 Å². The largest absolute Gasteiger partial charge is 0.221 e. The summed E-state index contributed by atoms with van der Waals surface area (Å²) < 4.78 is 15.0. The normalized spacial score (nSPS) is 14.9. The first-order valence-electron chi connectivity index (χ1n) is 5.90. The summed E-state index contributed by atoms with van der Waals surface area (Å²) in [5, 5.41) is 4.99. The molecule has 100 valence electrons. The van der Waals surface area contributed by atoms with Crippen LogP contribution in [0.2, 0.25) is 10.2 Å². The molecule has 0 unspecified atom stereocenters. The Labute approximate surface area is 125 Å². The lowest BCUT2D eigenvalue weighted by Gasteiger charge is -2.04. The molecule has 2 nitrogen and oxygen atoms in total. The molecule has 1 heterocycles. The molecule has 1 fully saturated rings. The van der Waals surface area contributed by atoms with Crippen molar-refractivity contribution in [2.45, 2.75) is 24.6 Å². The number of aromatic nitrogens is 2. The highest BCUT2D eigenvalue weighted by atomic mass is 35.5. The Balaban J connectivity index is 2.11. The lowest BCUT2D eigenvalue weighted by molar-refractivity contribution is 0.625. The van der Waals surface area contributed by atoms with E-state index >= 15 is 0 Å². The van der Waals surface area contributed by atoms with E-state index in [4.69, 9.17) is 34.8 Å². The summed E-state index contributed by atoms with van der Waals surface area (Å²) in [6.45, 7) is 0. The Bertz CT molecular complexity index is 635. The van der Waals surface area contributed by atoms with E-state index in [1.165, 1.54) is 16.8 Å². The molecular weight excluding hydrogens is 310 g/mol. The zero-order valence-corrected chi connectivity index (χ0v) is 12.1. The average Bonchev–Trinajstić information content (AvgIpc) is 3.17. The van der Waals surface area contributed by atoms with E-state index in [1.807, 2.05) is 0 Å². The second kappa shape index (κ2) is 4.97. The van der Waals surface area contributed by atoms with Crippen LogP contribution in [-0.2, 0) is 5.88 Å². The van der Waals surface area contributed by atoms with Gasteiger partial charge in [-0.3, -0.25) is 0 Å². The summed E-state index contributed by atoms with van der Waals surface area (Å²) in [5.74, 6) is 0.247. The summed E-state index contributed by atoms with van der Waals surface area (Å²) >= 11 is 17.9. The van der Waals surface area contributed by atoms with Crippen LogP contribution >= 0.6 is 34.8 Å². The van der Waals surface area contributed by atoms with Crippen LogP contribution in [0, 0.1) is 5.82 Å². The van der Waals surface area contributed by atoms with E-state index in [1.54, 1.807) is 6.07 Å². The third-order valence-electron chi connectivity index (χ3n) is 3.20. The molecule has 1 saturated carbocycles. The fraction of sp³-hybridized carbons (Fsp3) is 0.308. The third-order valence-corrected chi connectivity index (χ3v) is 4.16. The first-order chi connectivity index (χ1) is 9.11. The Morgan fingerprint density at radius 2 is 2.05 bits per heavy atom. The van der Waals surface area contributed by atoms with Gasteiger partial charge in [-0.15, -0.1) is 11.6 Å². The van der Waals surface area contributed by atoms with Crippen molar-refractivity contribution in [1.82, 2.24) is 9.78 Å². The maximum atomic E-state index is 13.5. The van der Waals surface area contributed by atoms with E-state index in [0.717, 1.165) is 24.1 Å². The number of halogens is 4. The van der Waals surface area contributed by atoms with Crippen molar-refractivity contribution in [2.24, 2.45) is 0 Å². The van der Waals surface area contributed by atoms with Gasteiger partial charge >= 0.3 is 0 Å². The van der Waals surface area contributed by atoms with Gasteiger partial charge in [-0.1, -0.05) is 23.2 Å². The van der Waals surface area contributed by atoms with E-state index < -0.39 is 5.82 Å². The van der Waals surface area contributed by atoms with Crippen LogP contribution in [0.1, 0.15) is 30.0 Å². The maximum absolute atomic E-state index is 13.5. The molecule has 0 amide bonds. The molecule has 3 rings (SSSR count). The molecule has 1 aliphatic rings. The van der Waals surface area contributed by atoms with E-state index in [0.29, 0.717) is 22.6 Å². The quantitative estimate of drug-likeness (QED) is 0.733. The molecule has 0 bridgehead atoms. The molecule has 6 heteroatoms. The standard InChI is InChI=1S/C13H10Cl3FN2/c14-6-9-12(7-1-2-7)18-19(13(9)16)8-3-4-10(15)11(17)5-8/h3-5,7H,1-2,6H2. The average molecular weight is 320 g/mol. The second-order valence-corrected chi connectivity index (χ2v) is 5.61. The molecule has 0 atom stereocenters. The van der Waals surface area contributed by atoms with Crippen LogP contribution in [0.25, 0.3) is 5.69 Å². The van der Waals surface area contributed by atoms with Gasteiger partial charge in [0, 0.05) is 17.5 Å². The summed E-state index contributed by atoms with van der Waals surface area (Å²) in [7, 11) is 0. The van der Waals surface area contributed by atoms with Crippen molar-refractivity contribution in [1.29, 1.82) is 0 Å². The number of rotatable bonds is 3. The second-order valence-electron chi connectivity index (χ2n) is 4.57. The van der Waals surface area contributed by atoms with Crippen molar-refractivity contribution in [3.05, 3.63) is 45.4 Å². The molecule has 0 N–H and O–H groups in total. The Kier molecular flexibility index (Phi) is 3.46. The smallest absolute Gasteiger partial charge is 0.143 e. The lowest BCUT2D eigenvalue weighted by atomic mass is 10.2. The van der Waals surface area contributed by atoms with E-state index in [9.17, 15) is 4.39 Å². The minimum Gasteiger partial charge on any atom is -0.221 e. The van der Waals surface area contributed by atoms with E-state index in [2.05, 4.69) is 5.10 Å². The molecular formula is C13H10Cl3FN2. The summed E-state index contributed by atoms with van der Waals surface area (Å²) in [5.41, 5.74) is 2.31. The van der Waals surface area contributed by atoms with Gasteiger partial charge in [0.1, 0.15) is 11.0 Å². The highest BCUT2D eigenvalue weighted by molar-refractivity contribution is 6.32. The van der Waals surface area contributed by atoms with Crippen LogP contribution in [0.5, 0.6) is 0 Å². The molecule has 1 aromatic carbocycles. The van der Waals surface area contributed by atoms with Gasteiger partial charge in [-0.2, -0.15) is 5.10 Å². The van der Waals surface area contributed by atoms with Crippen molar-refractivity contribution >= 4 is 34.8 Å². The van der Waals surface area contributed by atoms with Crippen LogP contribution in [-0.4, -0.2) is 9.78 Å². The summed E-state index contributed by atoms with van der Waals surface area (Å²) in [4.78, 5) is 0. The first-order valence-corrected chi connectivity index (χ1v) is 7.19. The number of hydrogen-bond acceptors (Lipinski definition) is 1. The minimum absolute atomic E-state index is 0.0759. The van der Waals surface area contributed by atoms with Gasteiger partial charge in [-0.05, 0) is 25.0 Å². The van der Waals surface area contributed by atoms with Gasteiger partial charge in [0.15, 0.2) is 0 Å². The van der Waals surface area contributed by atoms with Gasteiger partial charge in [0.2, 0.25) is 0 Å². The molecule has 1 aliphatic carbocycles. The Morgan fingerprint density at radius 3 is 2.63 bits per heavy atom. The van der Waals surface area contributed by atoms with Gasteiger partial charge < -0.3 is 0 Å². The molecule has 19 heavy (non-hydrogen) atoms. The van der Waals surface area contributed by atoms with Crippen LogP contribution in [0.3, 0.4) is 0 Å². The van der Waals surface area contributed by atoms with Crippen molar-refractivity contribution in [2.75, 3.05) is 0 Å². The van der Waals surface area contributed by atoms with Crippen LogP contribution in [0.15, 0.2) is 18.2 Å².